The fourth-order valence-electron chi connectivity index (χ4n) is 2.15. The molecule has 0 aromatic heterocycles. The number of hydrazine groups is 2. The van der Waals surface area contributed by atoms with E-state index in [2.05, 4.69) is 15.9 Å². The van der Waals surface area contributed by atoms with Crippen molar-refractivity contribution in [3.63, 3.8) is 0 Å². The number of hydrogen-bond acceptors (Lipinski definition) is 6. The van der Waals surface area contributed by atoms with Crippen LogP contribution in [-0.2, 0) is 6.61 Å². The zero-order chi connectivity index (χ0) is 18.6. The Morgan fingerprint density at radius 2 is 2.04 bits per heavy atom. The van der Waals surface area contributed by atoms with Crippen LogP contribution in [-0.4, -0.2) is 29.4 Å². The highest BCUT2D eigenvalue weighted by molar-refractivity contribution is 9.10. The fourth-order valence-corrected chi connectivity index (χ4v) is 3.25. The summed E-state index contributed by atoms with van der Waals surface area (Å²) in [6.07, 6.45) is 1.93. The highest BCUT2D eigenvalue weighted by Crippen LogP contribution is 2.33. The van der Waals surface area contributed by atoms with Crippen molar-refractivity contribution in [2.45, 2.75) is 11.5 Å². The highest BCUT2D eigenvalue weighted by Gasteiger charge is 2.20. The maximum Gasteiger partial charge on any atom is 0.352 e. The molecule has 134 valence electrons. The van der Waals surface area contributed by atoms with Crippen molar-refractivity contribution >= 4 is 39.4 Å². The van der Waals surface area contributed by atoms with Gasteiger partial charge in [-0.15, -0.1) is 11.8 Å². The number of amides is 2. The minimum absolute atomic E-state index is 0.133. The first-order valence-electron chi connectivity index (χ1n) is 7.19. The average molecular weight is 427 g/mol. The SMILES string of the molecule is CSc1cccc(N(N)C(=O)N(C)N)c1COc1ccc(O)cc1Br. The zero-order valence-electron chi connectivity index (χ0n) is 13.8. The summed E-state index contributed by atoms with van der Waals surface area (Å²) in [5, 5.41) is 11.4. The van der Waals surface area contributed by atoms with Crippen LogP contribution in [0.5, 0.6) is 11.5 Å². The van der Waals surface area contributed by atoms with Crippen LogP contribution >= 0.6 is 27.7 Å². The van der Waals surface area contributed by atoms with Gasteiger partial charge in [0.2, 0.25) is 0 Å². The third-order valence-corrected chi connectivity index (χ3v) is 4.83. The Morgan fingerprint density at radius 1 is 1.32 bits per heavy atom. The number of carbonyl (C=O) groups excluding carboxylic acids is 1. The second-order valence-electron chi connectivity index (χ2n) is 5.12. The van der Waals surface area contributed by atoms with Crippen LogP contribution in [0.3, 0.4) is 0 Å². The molecular formula is C16H19BrN4O3S. The van der Waals surface area contributed by atoms with Gasteiger partial charge in [0.25, 0.3) is 0 Å². The van der Waals surface area contributed by atoms with Gasteiger partial charge in [0.05, 0.1) is 10.2 Å². The molecule has 0 atom stereocenters. The van der Waals surface area contributed by atoms with Crippen LogP contribution < -0.4 is 21.4 Å². The van der Waals surface area contributed by atoms with Crippen LogP contribution in [0.4, 0.5) is 10.5 Å². The molecule has 0 saturated carbocycles. The van der Waals surface area contributed by atoms with Gasteiger partial charge in [-0.05, 0) is 52.5 Å². The number of ether oxygens (including phenoxy) is 1. The first-order chi connectivity index (χ1) is 11.8. The molecule has 2 amide bonds. The van der Waals surface area contributed by atoms with Gasteiger partial charge in [-0.2, -0.15) is 0 Å². The molecule has 0 saturated heterocycles. The minimum atomic E-state index is -0.551. The molecule has 0 radical (unpaired) electrons. The number of nitrogens with zero attached hydrogens (tertiary/aromatic N) is 2. The summed E-state index contributed by atoms with van der Waals surface area (Å²) >= 11 is 4.86. The number of halogens is 1. The number of benzene rings is 2. The van der Waals surface area contributed by atoms with Gasteiger partial charge in [0.1, 0.15) is 18.1 Å². The standard InChI is InChI=1S/C16H19BrN4O3S/c1-20(18)16(23)21(19)13-4-3-5-15(25-2)11(13)9-24-14-7-6-10(22)8-12(14)17/h3-8,22H,9,18-19H2,1-2H3. The van der Waals surface area contributed by atoms with E-state index < -0.39 is 6.03 Å². The lowest BCUT2D eigenvalue weighted by molar-refractivity contribution is 0.216. The van der Waals surface area contributed by atoms with Gasteiger partial charge in [-0.1, -0.05) is 6.07 Å². The maximum absolute atomic E-state index is 12.1. The van der Waals surface area contributed by atoms with Crippen LogP contribution in [0.2, 0.25) is 0 Å². The molecule has 2 aromatic rings. The lowest BCUT2D eigenvalue weighted by Gasteiger charge is -2.24. The van der Waals surface area contributed by atoms with Gasteiger partial charge >= 0.3 is 6.03 Å². The summed E-state index contributed by atoms with van der Waals surface area (Å²) in [4.78, 5) is 13.0. The molecule has 0 spiro atoms. The van der Waals surface area contributed by atoms with Crippen LogP contribution in [0.15, 0.2) is 45.8 Å². The summed E-state index contributed by atoms with van der Waals surface area (Å²) in [7, 11) is 1.42. The van der Waals surface area contributed by atoms with Crippen molar-refractivity contribution < 1.29 is 14.6 Å². The maximum atomic E-state index is 12.1. The number of rotatable bonds is 5. The molecule has 7 nitrogen and oxygen atoms in total. The Kier molecular flexibility index (Phi) is 6.54. The third-order valence-electron chi connectivity index (χ3n) is 3.38. The Balaban J connectivity index is 2.33. The number of carbonyl (C=O) groups is 1. The smallest absolute Gasteiger partial charge is 0.352 e. The van der Waals surface area contributed by atoms with E-state index in [1.54, 1.807) is 18.2 Å². The van der Waals surface area contributed by atoms with Crippen molar-refractivity contribution in [1.29, 1.82) is 0 Å². The Bertz CT molecular complexity index is 773. The quantitative estimate of drug-likeness (QED) is 0.293. The molecule has 0 bridgehead atoms. The van der Waals surface area contributed by atoms with Crippen molar-refractivity contribution in [1.82, 2.24) is 5.01 Å². The van der Waals surface area contributed by atoms with E-state index in [0.717, 1.165) is 20.5 Å². The Labute approximate surface area is 158 Å². The molecule has 5 N–H and O–H groups in total. The van der Waals surface area contributed by atoms with E-state index in [9.17, 15) is 9.90 Å². The van der Waals surface area contributed by atoms with Gasteiger partial charge in [0, 0.05) is 17.5 Å². The van der Waals surface area contributed by atoms with Gasteiger partial charge in [-0.25, -0.2) is 21.5 Å². The monoisotopic (exact) mass is 426 g/mol. The van der Waals surface area contributed by atoms with E-state index >= 15 is 0 Å². The molecule has 2 rings (SSSR count). The predicted molar refractivity (Wildman–Crippen MR) is 102 cm³/mol. The number of phenolic OH excluding ortho intramolecular Hbond substituents is 1. The molecule has 9 heteroatoms. The van der Waals surface area contributed by atoms with Gasteiger partial charge < -0.3 is 9.84 Å². The average Bonchev–Trinajstić information content (AvgIpc) is 2.59. The lowest BCUT2D eigenvalue weighted by Crippen LogP contribution is -2.49. The van der Waals surface area contributed by atoms with Crippen molar-refractivity contribution in [2.75, 3.05) is 18.3 Å². The van der Waals surface area contributed by atoms with Crippen LogP contribution in [0.1, 0.15) is 5.56 Å². The summed E-state index contributed by atoms with van der Waals surface area (Å²) in [5.41, 5.74) is 1.26. The molecule has 0 unspecified atom stereocenters. The summed E-state index contributed by atoms with van der Waals surface area (Å²) < 4.78 is 6.46. The molecule has 0 aliphatic heterocycles. The zero-order valence-corrected chi connectivity index (χ0v) is 16.2. The van der Waals surface area contributed by atoms with Gasteiger partial charge in [0.15, 0.2) is 0 Å². The molecule has 0 aliphatic carbocycles. The highest BCUT2D eigenvalue weighted by atomic mass is 79.9. The van der Waals surface area contributed by atoms with E-state index in [1.165, 1.54) is 24.9 Å². The van der Waals surface area contributed by atoms with Crippen LogP contribution in [0, 0.1) is 0 Å². The number of urea groups is 1. The normalized spacial score (nSPS) is 10.4. The molecule has 2 aromatic carbocycles. The molecule has 0 aliphatic rings. The first kappa shape index (κ1) is 19.4. The fraction of sp³-hybridized carbons (Fsp3) is 0.188. The topological polar surface area (TPSA) is 105 Å². The summed E-state index contributed by atoms with van der Waals surface area (Å²) in [5.74, 6) is 12.1. The number of thioether (sulfide) groups is 1. The largest absolute Gasteiger partial charge is 0.508 e. The molecule has 0 fully saturated rings. The second-order valence-corrected chi connectivity index (χ2v) is 6.83. The van der Waals surface area contributed by atoms with Crippen LogP contribution in [0.25, 0.3) is 0 Å². The van der Waals surface area contributed by atoms with Crippen molar-refractivity contribution in [2.24, 2.45) is 11.7 Å². The summed E-state index contributed by atoms with van der Waals surface area (Å²) in [6, 6.07) is 9.63. The first-order valence-corrected chi connectivity index (χ1v) is 9.21. The number of nitrogens with two attached hydrogens (primary N) is 2. The van der Waals surface area contributed by atoms with E-state index in [-0.39, 0.29) is 12.4 Å². The van der Waals surface area contributed by atoms with Crippen molar-refractivity contribution in [3.05, 3.63) is 46.4 Å². The number of phenols is 1. The molecular weight excluding hydrogens is 408 g/mol. The Hall–Kier alpha value is -1.94. The van der Waals surface area contributed by atoms with E-state index in [1.807, 2.05) is 18.4 Å². The van der Waals surface area contributed by atoms with E-state index in [4.69, 9.17) is 16.4 Å². The Morgan fingerprint density at radius 3 is 2.64 bits per heavy atom. The molecule has 25 heavy (non-hydrogen) atoms. The summed E-state index contributed by atoms with van der Waals surface area (Å²) in [6.45, 7) is 0.186. The minimum Gasteiger partial charge on any atom is -0.508 e. The number of anilines is 1. The number of aromatic hydroxyl groups is 1. The van der Waals surface area contributed by atoms with E-state index in [0.29, 0.717) is 15.9 Å². The lowest BCUT2D eigenvalue weighted by atomic mass is 10.2. The van der Waals surface area contributed by atoms with Crippen molar-refractivity contribution in [3.8, 4) is 11.5 Å². The third kappa shape index (κ3) is 4.57. The second kappa shape index (κ2) is 8.43. The van der Waals surface area contributed by atoms with Gasteiger partial charge in [-0.3, -0.25) is 5.01 Å². The molecule has 0 heterocycles. The predicted octanol–water partition coefficient (Wildman–Crippen LogP) is 3.06. The number of hydrogen-bond donors (Lipinski definition) is 3.